The van der Waals surface area contributed by atoms with Crippen molar-refractivity contribution in [2.24, 2.45) is 4.99 Å². The van der Waals surface area contributed by atoms with Crippen LogP contribution < -0.4 is 9.47 Å². The van der Waals surface area contributed by atoms with Crippen molar-refractivity contribution in [3.63, 3.8) is 0 Å². The first-order chi connectivity index (χ1) is 19.1. The number of methoxy groups -OCH3 is 1. The van der Waals surface area contributed by atoms with Crippen molar-refractivity contribution in [1.29, 1.82) is 0 Å². The first kappa shape index (κ1) is 26.3. The van der Waals surface area contributed by atoms with Gasteiger partial charge >= 0.3 is 0 Å². The Morgan fingerprint density at radius 3 is 2.33 bits per heavy atom. The van der Waals surface area contributed by atoms with Gasteiger partial charge in [0, 0.05) is 6.54 Å². The second kappa shape index (κ2) is 12.5. The lowest BCUT2D eigenvalue weighted by Gasteiger charge is -2.15. The first-order valence-electron chi connectivity index (χ1n) is 12.8. The molecule has 0 unspecified atom stereocenters. The molecule has 1 heterocycles. The molecule has 39 heavy (non-hydrogen) atoms. The van der Waals surface area contributed by atoms with Crippen LogP contribution in [0, 0.1) is 6.92 Å². The van der Waals surface area contributed by atoms with Gasteiger partial charge in [-0.15, -0.1) is 0 Å². The van der Waals surface area contributed by atoms with Gasteiger partial charge in [0.1, 0.15) is 6.61 Å². The molecular weight excluding hydrogens is 504 g/mol. The molecule has 0 radical (unpaired) electrons. The van der Waals surface area contributed by atoms with Crippen molar-refractivity contribution >= 4 is 34.6 Å². The second-order valence-electron chi connectivity index (χ2n) is 9.22. The third-order valence-corrected chi connectivity index (χ3v) is 7.30. The van der Waals surface area contributed by atoms with Crippen LogP contribution in [0.3, 0.4) is 0 Å². The topological polar surface area (TPSA) is 51.1 Å². The number of aryl methyl sites for hydroxylation is 1. The zero-order valence-corrected chi connectivity index (χ0v) is 22.9. The Kier molecular flexibility index (Phi) is 8.44. The van der Waals surface area contributed by atoms with Crippen molar-refractivity contribution in [1.82, 2.24) is 4.90 Å². The summed E-state index contributed by atoms with van der Waals surface area (Å²) in [6.45, 7) is 3.06. The molecule has 0 bridgehead atoms. The molecule has 1 saturated heterocycles. The average Bonchev–Trinajstić information content (AvgIpc) is 3.25. The molecule has 0 saturated carbocycles. The van der Waals surface area contributed by atoms with Crippen LogP contribution in [-0.4, -0.2) is 29.6 Å². The Hall–Kier alpha value is -4.29. The molecule has 6 heteroatoms. The third kappa shape index (κ3) is 6.78. The maximum Gasteiger partial charge on any atom is 0.266 e. The van der Waals surface area contributed by atoms with Crippen molar-refractivity contribution < 1.29 is 14.3 Å². The minimum atomic E-state index is -0.0515. The normalized spacial score (nSPS) is 15.2. The molecule has 0 spiro atoms. The number of para-hydroxylation sites is 1. The minimum absolute atomic E-state index is 0.0515. The molecule has 0 atom stereocenters. The summed E-state index contributed by atoms with van der Waals surface area (Å²) in [5, 5.41) is 0.679. The lowest BCUT2D eigenvalue weighted by Crippen LogP contribution is -2.31. The maximum absolute atomic E-state index is 13.5. The lowest BCUT2D eigenvalue weighted by molar-refractivity contribution is -0.122. The van der Waals surface area contributed by atoms with Gasteiger partial charge in [-0.1, -0.05) is 84.4 Å². The molecule has 4 aromatic rings. The Morgan fingerprint density at radius 1 is 0.846 bits per heavy atom. The molecule has 0 N–H and O–H groups in total. The van der Waals surface area contributed by atoms with Crippen LogP contribution >= 0.6 is 11.8 Å². The quantitative estimate of drug-likeness (QED) is 0.210. The Labute approximate surface area is 233 Å². The summed E-state index contributed by atoms with van der Waals surface area (Å²) in [5.41, 5.74) is 5.14. The van der Waals surface area contributed by atoms with Crippen molar-refractivity contribution in [2.45, 2.75) is 20.0 Å². The van der Waals surface area contributed by atoms with Crippen LogP contribution in [0.1, 0.15) is 22.3 Å². The van der Waals surface area contributed by atoms with E-state index < -0.39 is 0 Å². The highest BCUT2D eigenvalue weighted by Gasteiger charge is 2.33. The smallest absolute Gasteiger partial charge is 0.266 e. The third-order valence-electron chi connectivity index (χ3n) is 6.30. The van der Waals surface area contributed by atoms with Crippen LogP contribution in [0.5, 0.6) is 11.5 Å². The average molecular weight is 535 g/mol. The number of nitrogens with zero attached hydrogens (tertiary/aromatic N) is 2. The standard InChI is InChI=1S/C33H30N2O3S/c1-24-10-9-13-27(20-24)23-38-29-17-16-26(21-30(29)37-2)22-31-32(36)35(19-18-25-11-5-3-6-12-25)33(39-31)34-28-14-7-4-8-15-28/h3-17,20-22H,18-19,23H2,1-2H3/b31-22+,34-33?. The molecule has 0 aliphatic carbocycles. The number of hydrogen-bond acceptors (Lipinski definition) is 5. The Balaban J connectivity index is 1.37. The predicted molar refractivity (Wildman–Crippen MR) is 159 cm³/mol. The van der Waals surface area contributed by atoms with Crippen LogP contribution in [0.25, 0.3) is 6.08 Å². The summed E-state index contributed by atoms with van der Waals surface area (Å²) in [6.07, 6.45) is 2.64. The van der Waals surface area contributed by atoms with E-state index in [4.69, 9.17) is 14.5 Å². The molecule has 0 aromatic heterocycles. The highest BCUT2D eigenvalue weighted by molar-refractivity contribution is 8.18. The summed E-state index contributed by atoms with van der Waals surface area (Å²) in [5.74, 6) is 1.22. The fourth-order valence-electron chi connectivity index (χ4n) is 4.29. The van der Waals surface area contributed by atoms with Gasteiger partial charge in [0.05, 0.1) is 17.7 Å². The monoisotopic (exact) mass is 534 g/mol. The summed E-state index contributed by atoms with van der Waals surface area (Å²) in [7, 11) is 1.62. The van der Waals surface area contributed by atoms with E-state index in [2.05, 4.69) is 31.2 Å². The number of ether oxygens (including phenoxy) is 2. The number of hydrogen-bond donors (Lipinski definition) is 0. The first-order valence-corrected chi connectivity index (χ1v) is 13.7. The van der Waals surface area contributed by atoms with Crippen LogP contribution in [0.15, 0.2) is 113 Å². The molecule has 1 aliphatic heterocycles. The van der Waals surface area contributed by atoms with Gasteiger partial charge in [-0.25, -0.2) is 4.99 Å². The number of benzene rings is 4. The molecule has 5 nitrogen and oxygen atoms in total. The highest BCUT2D eigenvalue weighted by Crippen LogP contribution is 2.36. The largest absolute Gasteiger partial charge is 0.493 e. The van der Waals surface area contributed by atoms with Gasteiger partial charge in [-0.3, -0.25) is 9.69 Å². The minimum Gasteiger partial charge on any atom is -0.493 e. The number of rotatable bonds is 9. The van der Waals surface area contributed by atoms with Gasteiger partial charge in [0.15, 0.2) is 16.7 Å². The van der Waals surface area contributed by atoms with E-state index in [0.717, 1.165) is 23.2 Å². The van der Waals surface area contributed by atoms with E-state index in [1.54, 1.807) is 12.0 Å². The fourth-order valence-corrected chi connectivity index (χ4v) is 5.32. The number of thioether (sulfide) groups is 1. The fraction of sp³-hybridized carbons (Fsp3) is 0.152. The van der Waals surface area contributed by atoms with E-state index in [-0.39, 0.29) is 5.91 Å². The summed E-state index contributed by atoms with van der Waals surface area (Å²) >= 11 is 1.39. The van der Waals surface area contributed by atoms with Crippen LogP contribution in [-0.2, 0) is 17.8 Å². The molecule has 196 valence electrons. The van der Waals surface area contributed by atoms with Gasteiger partial charge in [0.2, 0.25) is 0 Å². The number of carbonyl (C=O) groups excluding carboxylic acids is 1. The van der Waals surface area contributed by atoms with Crippen LogP contribution in [0.4, 0.5) is 5.69 Å². The molecular formula is C33H30N2O3S. The second-order valence-corrected chi connectivity index (χ2v) is 10.2. The van der Waals surface area contributed by atoms with E-state index in [0.29, 0.717) is 34.7 Å². The van der Waals surface area contributed by atoms with Crippen LogP contribution in [0.2, 0.25) is 0 Å². The molecule has 4 aromatic carbocycles. The lowest BCUT2D eigenvalue weighted by atomic mass is 10.1. The number of carbonyl (C=O) groups is 1. The van der Waals surface area contributed by atoms with E-state index >= 15 is 0 Å². The zero-order valence-electron chi connectivity index (χ0n) is 22.0. The number of aliphatic imine (C=N–C) groups is 1. The van der Waals surface area contributed by atoms with Gasteiger partial charge < -0.3 is 9.47 Å². The molecule has 1 amide bonds. The Morgan fingerprint density at radius 2 is 1.59 bits per heavy atom. The number of amidine groups is 1. The van der Waals surface area contributed by atoms with Gasteiger partial charge in [-0.2, -0.15) is 0 Å². The summed E-state index contributed by atoms with van der Waals surface area (Å²) in [4.78, 5) is 20.7. The summed E-state index contributed by atoms with van der Waals surface area (Å²) < 4.78 is 11.7. The number of amides is 1. The SMILES string of the molecule is COc1cc(/C=C2/SC(=Nc3ccccc3)N(CCc3ccccc3)C2=O)ccc1OCc1cccc(C)c1. The van der Waals surface area contributed by atoms with Gasteiger partial charge in [0.25, 0.3) is 5.91 Å². The predicted octanol–water partition coefficient (Wildman–Crippen LogP) is 7.43. The molecule has 1 aliphatic rings. The van der Waals surface area contributed by atoms with E-state index in [9.17, 15) is 4.79 Å². The highest BCUT2D eigenvalue weighted by atomic mass is 32.2. The van der Waals surface area contributed by atoms with E-state index in [1.807, 2.05) is 84.9 Å². The van der Waals surface area contributed by atoms with E-state index in [1.165, 1.54) is 22.9 Å². The Bertz CT molecular complexity index is 1500. The zero-order chi connectivity index (χ0) is 27.0. The molecule has 5 rings (SSSR count). The van der Waals surface area contributed by atoms with Crippen molar-refractivity contribution in [3.05, 3.63) is 130 Å². The summed E-state index contributed by atoms with van der Waals surface area (Å²) in [6, 6.07) is 33.9. The van der Waals surface area contributed by atoms with Crippen molar-refractivity contribution in [2.75, 3.05) is 13.7 Å². The molecule has 1 fully saturated rings. The van der Waals surface area contributed by atoms with Gasteiger partial charge in [-0.05, 0) is 72.1 Å². The maximum atomic E-state index is 13.5. The van der Waals surface area contributed by atoms with Crippen molar-refractivity contribution in [3.8, 4) is 11.5 Å².